The van der Waals surface area contributed by atoms with Gasteiger partial charge in [0.2, 0.25) is 5.91 Å². The Morgan fingerprint density at radius 2 is 1.26 bits per heavy atom. The normalized spacial score (nSPS) is 13.6. The zero-order valence-corrected chi connectivity index (χ0v) is 16.2. The lowest BCUT2D eigenvalue weighted by Gasteiger charge is -2.30. The third-order valence-electron chi connectivity index (χ3n) is 4.80. The highest BCUT2D eigenvalue weighted by Crippen LogP contribution is 2.19. The van der Waals surface area contributed by atoms with Crippen LogP contribution in [0.1, 0.15) is 92.4 Å². The van der Waals surface area contributed by atoms with Crippen molar-refractivity contribution in [1.29, 1.82) is 0 Å². The van der Waals surface area contributed by atoms with E-state index in [4.69, 9.17) is 0 Å². The van der Waals surface area contributed by atoms with Crippen LogP contribution in [-0.4, -0.2) is 29.7 Å². The van der Waals surface area contributed by atoms with Crippen LogP contribution in [0.2, 0.25) is 0 Å². The van der Waals surface area contributed by atoms with Gasteiger partial charge < -0.3 is 4.90 Å². The summed E-state index contributed by atoms with van der Waals surface area (Å²) < 4.78 is 0. The predicted molar refractivity (Wildman–Crippen MR) is 98.5 cm³/mol. The van der Waals surface area contributed by atoms with Gasteiger partial charge in [0.25, 0.3) is 0 Å². The monoisotopic (exact) mass is 325 g/mol. The molecule has 0 aliphatic carbocycles. The third-order valence-corrected chi connectivity index (χ3v) is 4.80. The second-order valence-electron chi connectivity index (χ2n) is 7.01. The Kier molecular flexibility index (Phi) is 13.1. The second-order valence-corrected chi connectivity index (χ2v) is 7.01. The van der Waals surface area contributed by atoms with Crippen LogP contribution in [0.25, 0.3) is 0 Å². The number of ketones is 1. The van der Waals surface area contributed by atoms with Crippen molar-refractivity contribution in [1.82, 2.24) is 4.90 Å². The van der Waals surface area contributed by atoms with Crippen LogP contribution in [0.5, 0.6) is 0 Å². The highest BCUT2D eigenvalue weighted by Gasteiger charge is 2.22. The Morgan fingerprint density at radius 3 is 1.57 bits per heavy atom. The molecule has 0 aromatic carbocycles. The molecule has 0 heterocycles. The summed E-state index contributed by atoms with van der Waals surface area (Å²) in [6.07, 6.45) is 9.49. The first kappa shape index (κ1) is 22.1. The molecule has 0 aromatic heterocycles. The second kappa shape index (κ2) is 13.6. The predicted octanol–water partition coefficient (Wildman–Crippen LogP) is 5.23. The molecule has 1 amide bonds. The van der Waals surface area contributed by atoms with Crippen molar-refractivity contribution < 1.29 is 9.59 Å². The standard InChI is InChI=1S/C20H39NO2/c1-6-10-12-18(8-3)15-21(20(23)14-17(5)22)16-19(9-4)13-11-7-2/h18-19H,6-16H2,1-5H3. The highest BCUT2D eigenvalue weighted by molar-refractivity contribution is 5.96. The van der Waals surface area contributed by atoms with E-state index in [1.54, 1.807) is 0 Å². The summed E-state index contributed by atoms with van der Waals surface area (Å²) in [5, 5.41) is 0. The minimum Gasteiger partial charge on any atom is -0.342 e. The van der Waals surface area contributed by atoms with Crippen LogP contribution in [0.3, 0.4) is 0 Å². The van der Waals surface area contributed by atoms with Gasteiger partial charge in [0.05, 0.1) is 6.42 Å². The molecule has 0 spiro atoms. The number of unbranched alkanes of at least 4 members (excludes halogenated alkanes) is 2. The first-order valence-corrected chi connectivity index (χ1v) is 9.75. The number of hydrogen-bond acceptors (Lipinski definition) is 2. The fraction of sp³-hybridized carbons (Fsp3) is 0.900. The van der Waals surface area contributed by atoms with E-state index in [0.717, 1.165) is 25.9 Å². The summed E-state index contributed by atoms with van der Waals surface area (Å²) in [6.45, 7) is 12.0. The number of hydrogen-bond donors (Lipinski definition) is 0. The first-order valence-electron chi connectivity index (χ1n) is 9.75. The molecule has 0 aliphatic rings. The van der Waals surface area contributed by atoms with Crippen LogP contribution >= 0.6 is 0 Å². The Labute approximate surface area is 144 Å². The van der Waals surface area contributed by atoms with Gasteiger partial charge >= 0.3 is 0 Å². The van der Waals surface area contributed by atoms with Crippen molar-refractivity contribution in [2.24, 2.45) is 11.8 Å². The highest BCUT2D eigenvalue weighted by atomic mass is 16.2. The largest absolute Gasteiger partial charge is 0.342 e. The quantitative estimate of drug-likeness (QED) is 0.410. The summed E-state index contributed by atoms with van der Waals surface area (Å²) in [5.41, 5.74) is 0. The van der Waals surface area contributed by atoms with E-state index in [-0.39, 0.29) is 18.1 Å². The van der Waals surface area contributed by atoms with Crippen molar-refractivity contribution >= 4 is 11.7 Å². The minimum atomic E-state index is -0.0248. The van der Waals surface area contributed by atoms with Crippen LogP contribution in [0.4, 0.5) is 0 Å². The van der Waals surface area contributed by atoms with Crippen LogP contribution in [0, 0.1) is 11.8 Å². The lowest BCUT2D eigenvalue weighted by molar-refractivity contribution is -0.136. The molecular formula is C20H39NO2. The van der Waals surface area contributed by atoms with Gasteiger partial charge in [-0.3, -0.25) is 9.59 Å². The molecule has 0 aliphatic heterocycles. The van der Waals surface area contributed by atoms with Gasteiger partial charge in [-0.2, -0.15) is 0 Å². The smallest absolute Gasteiger partial charge is 0.230 e. The van der Waals surface area contributed by atoms with E-state index < -0.39 is 0 Å². The van der Waals surface area contributed by atoms with E-state index in [1.165, 1.54) is 45.4 Å². The molecule has 0 bridgehead atoms. The molecule has 2 unspecified atom stereocenters. The van der Waals surface area contributed by atoms with E-state index in [2.05, 4.69) is 27.7 Å². The SMILES string of the molecule is CCCCC(CC)CN(CC(CC)CCCC)C(=O)CC(C)=O. The molecule has 0 aromatic rings. The van der Waals surface area contributed by atoms with Gasteiger partial charge in [-0.15, -0.1) is 0 Å². The van der Waals surface area contributed by atoms with E-state index in [0.29, 0.717) is 11.8 Å². The molecular weight excluding hydrogens is 286 g/mol. The third kappa shape index (κ3) is 10.5. The fourth-order valence-electron chi connectivity index (χ4n) is 3.06. The van der Waals surface area contributed by atoms with Gasteiger partial charge in [0, 0.05) is 13.1 Å². The maximum atomic E-state index is 12.5. The molecule has 0 saturated carbocycles. The fourth-order valence-corrected chi connectivity index (χ4v) is 3.06. The van der Waals surface area contributed by atoms with Crippen molar-refractivity contribution in [3.05, 3.63) is 0 Å². The molecule has 3 heteroatoms. The molecule has 0 saturated heterocycles. The molecule has 0 N–H and O–H groups in total. The average molecular weight is 326 g/mol. The van der Waals surface area contributed by atoms with E-state index in [1.807, 2.05) is 4.90 Å². The summed E-state index contributed by atoms with van der Waals surface area (Å²) in [4.78, 5) is 25.9. The zero-order chi connectivity index (χ0) is 17.7. The van der Waals surface area contributed by atoms with Crippen molar-refractivity contribution in [2.45, 2.75) is 92.4 Å². The lowest BCUT2D eigenvalue weighted by atomic mass is 9.95. The molecule has 136 valence electrons. The molecule has 3 nitrogen and oxygen atoms in total. The Balaban J connectivity index is 4.83. The topological polar surface area (TPSA) is 37.4 Å². The van der Waals surface area contributed by atoms with Crippen LogP contribution in [-0.2, 0) is 9.59 Å². The number of Topliss-reactive ketones (excluding diaryl/α,β-unsaturated/α-hetero) is 1. The van der Waals surface area contributed by atoms with Gasteiger partial charge in [-0.1, -0.05) is 66.2 Å². The number of rotatable bonds is 14. The molecule has 0 radical (unpaired) electrons. The van der Waals surface area contributed by atoms with Crippen molar-refractivity contribution in [3.8, 4) is 0 Å². The average Bonchev–Trinajstić information content (AvgIpc) is 2.52. The number of carbonyl (C=O) groups excluding carboxylic acids is 2. The van der Waals surface area contributed by atoms with Gasteiger partial charge in [-0.05, 0) is 31.6 Å². The Morgan fingerprint density at radius 1 is 0.826 bits per heavy atom. The molecule has 0 rings (SSSR count). The molecule has 0 fully saturated rings. The van der Waals surface area contributed by atoms with E-state index in [9.17, 15) is 9.59 Å². The molecule has 23 heavy (non-hydrogen) atoms. The van der Waals surface area contributed by atoms with Crippen molar-refractivity contribution in [3.63, 3.8) is 0 Å². The van der Waals surface area contributed by atoms with Crippen LogP contribution in [0.15, 0.2) is 0 Å². The lowest BCUT2D eigenvalue weighted by Crippen LogP contribution is -2.39. The maximum Gasteiger partial charge on any atom is 0.230 e. The van der Waals surface area contributed by atoms with Gasteiger partial charge in [-0.25, -0.2) is 0 Å². The molecule has 2 atom stereocenters. The van der Waals surface area contributed by atoms with Crippen LogP contribution < -0.4 is 0 Å². The Hall–Kier alpha value is -0.860. The summed E-state index contributed by atoms with van der Waals surface area (Å²) in [6, 6.07) is 0. The zero-order valence-electron chi connectivity index (χ0n) is 16.2. The van der Waals surface area contributed by atoms with Crippen molar-refractivity contribution in [2.75, 3.05) is 13.1 Å². The summed E-state index contributed by atoms with van der Waals surface area (Å²) in [5.74, 6) is 1.13. The van der Waals surface area contributed by atoms with Gasteiger partial charge in [0.15, 0.2) is 0 Å². The van der Waals surface area contributed by atoms with E-state index >= 15 is 0 Å². The first-order chi connectivity index (χ1) is 11.0. The minimum absolute atomic E-state index is 0.0248. The number of carbonyl (C=O) groups is 2. The summed E-state index contributed by atoms with van der Waals surface area (Å²) >= 11 is 0. The summed E-state index contributed by atoms with van der Waals surface area (Å²) in [7, 11) is 0. The number of nitrogens with zero attached hydrogens (tertiary/aromatic N) is 1. The number of amides is 1. The Bertz CT molecular complexity index is 310. The van der Waals surface area contributed by atoms with Gasteiger partial charge in [0.1, 0.15) is 5.78 Å². The maximum absolute atomic E-state index is 12.5.